The first-order chi connectivity index (χ1) is 14.2. The number of sulfone groups is 1. The van der Waals surface area contributed by atoms with Crippen molar-refractivity contribution in [3.63, 3.8) is 0 Å². The van der Waals surface area contributed by atoms with Crippen molar-refractivity contribution in [1.29, 1.82) is 0 Å². The van der Waals surface area contributed by atoms with E-state index in [2.05, 4.69) is 5.32 Å². The highest BCUT2D eigenvalue weighted by Gasteiger charge is 2.30. The molecule has 0 spiro atoms. The predicted molar refractivity (Wildman–Crippen MR) is 116 cm³/mol. The number of non-ortho nitro benzene ring substituents is 1. The topological polar surface area (TPSA) is 144 Å². The zero-order valence-corrected chi connectivity index (χ0v) is 19.0. The maximum Gasteiger partial charge on any atom is 0.271 e. The van der Waals surface area contributed by atoms with Gasteiger partial charge in [0.1, 0.15) is 6.04 Å². The monoisotopic (exact) mass is 469 g/mol. The van der Waals surface area contributed by atoms with Crippen LogP contribution in [-0.2, 0) is 24.7 Å². The summed E-state index contributed by atoms with van der Waals surface area (Å²) in [6.45, 7) is 3.03. The summed E-state index contributed by atoms with van der Waals surface area (Å²) >= 11 is 0. The molecule has 2 rings (SSSR count). The Balaban J connectivity index is 2.27. The number of sulfonamides is 1. The molecular weight excluding hydrogens is 446 g/mol. The van der Waals surface area contributed by atoms with Crippen molar-refractivity contribution in [1.82, 2.24) is 5.32 Å². The molecule has 0 radical (unpaired) electrons. The van der Waals surface area contributed by atoms with Gasteiger partial charge in [-0.15, -0.1) is 0 Å². The summed E-state index contributed by atoms with van der Waals surface area (Å²) in [6.07, 6.45) is 1.99. The zero-order chi connectivity index (χ0) is 23.6. The smallest absolute Gasteiger partial charge is 0.271 e. The van der Waals surface area contributed by atoms with E-state index in [1.807, 2.05) is 0 Å². The van der Waals surface area contributed by atoms with Gasteiger partial charge in [0, 0.05) is 18.4 Å². The molecule has 0 saturated carbocycles. The molecule has 0 unspecified atom stereocenters. The molecule has 0 aliphatic carbocycles. The largest absolute Gasteiger partial charge is 0.348 e. The van der Waals surface area contributed by atoms with Gasteiger partial charge in [0.05, 0.1) is 27.8 Å². The maximum atomic E-state index is 12.8. The van der Waals surface area contributed by atoms with Crippen LogP contribution in [0, 0.1) is 10.1 Å². The van der Waals surface area contributed by atoms with Crippen LogP contribution in [0.2, 0.25) is 0 Å². The minimum Gasteiger partial charge on any atom is -0.348 e. The molecule has 0 fully saturated rings. The minimum absolute atomic E-state index is 0.00971. The van der Waals surface area contributed by atoms with E-state index in [-0.39, 0.29) is 16.3 Å². The molecule has 1 amide bonds. The Morgan fingerprint density at radius 1 is 1.03 bits per heavy atom. The number of amides is 1. The minimum atomic E-state index is -3.94. The number of hydrogen-bond donors (Lipinski definition) is 1. The summed E-state index contributed by atoms with van der Waals surface area (Å²) in [5, 5.41) is 13.7. The third-order valence-electron chi connectivity index (χ3n) is 4.55. The van der Waals surface area contributed by atoms with Crippen molar-refractivity contribution in [3.8, 4) is 0 Å². The van der Waals surface area contributed by atoms with Crippen molar-refractivity contribution >= 4 is 37.1 Å². The first-order valence-corrected chi connectivity index (χ1v) is 12.8. The molecule has 0 bridgehead atoms. The van der Waals surface area contributed by atoms with Gasteiger partial charge in [0.25, 0.3) is 5.69 Å². The number of anilines is 1. The van der Waals surface area contributed by atoms with Gasteiger partial charge in [0.15, 0.2) is 9.84 Å². The van der Waals surface area contributed by atoms with E-state index in [4.69, 9.17) is 0 Å². The highest BCUT2D eigenvalue weighted by molar-refractivity contribution is 7.92. The molecule has 2 aromatic rings. The molecule has 168 valence electrons. The van der Waals surface area contributed by atoms with E-state index in [0.717, 1.165) is 22.9 Å². The molecule has 1 N–H and O–H groups in total. The van der Waals surface area contributed by atoms with Crippen LogP contribution < -0.4 is 9.62 Å². The second kappa shape index (κ2) is 9.02. The molecule has 0 heterocycles. The van der Waals surface area contributed by atoms with Crippen molar-refractivity contribution in [2.75, 3.05) is 16.8 Å². The lowest BCUT2D eigenvalue weighted by Crippen LogP contribution is -2.48. The predicted octanol–water partition coefficient (Wildman–Crippen LogP) is 2.03. The molecule has 0 saturated heterocycles. The van der Waals surface area contributed by atoms with E-state index < -0.39 is 42.8 Å². The Kier molecular flexibility index (Phi) is 7.06. The first-order valence-electron chi connectivity index (χ1n) is 9.06. The van der Waals surface area contributed by atoms with Crippen molar-refractivity contribution < 1.29 is 26.6 Å². The van der Waals surface area contributed by atoms with Crippen LogP contribution in [0.5, 0.6) is 0 Å². The van der Waals surface area contributed by atoms with Gasteiger partial charge < -0.3 is 5.32 Å². The summed E-state index contributed by atoms with van der Waals surface area (Å²) in [5.41, 5.74) is 0.303. The van der Waals surface area contributed by atoms with E-state index in [0.29, 0.717) is 5.56 Å². The van der Waals surface area contributed by atoms with Crippen LogP contribution >= 0.6 is 0 Å². The molecule has 0 aliphatic heterocycles. The van der Waals surface area contributed by atoms with Gasteiger partial charge in [-0.25, -0.2) is 16.8 Å². The lowest BCUT2D eigenvalue weighted by molar-refractivity contribution is -0.384. The Hall–Kier alpha value is -2.99. The zero-order valence-electron chi connectivity index (χ0n) is 17.3. The van der Waals surface area contributed by atoms with Gasteiger partial charge >= 0.3 is 0 Å². The van der Waals surface area contributed by atoms with E-state index in [1.165, 1.54) is 37.3 Å². The lowest BCUT2D eigenvalue weighted by Gasteiger charge is -2.29. The SMILES string of the molecule is C[C@@H](NC(=O)[C@H](C)N(c1cccc([N+](=O)[O-])c1)S(C)(=O)=O)c1ccc(S(C)(=O)=O)cc1. The van der Waals surface area contributed by atoms with Crippen LogP contribution in [0.4, 0.5) is 11.4 Å². The number of nitro benzene ring substituents is 1. The number of rotatable bonds is 8. The molecule has 2 atom stereocenters. The second-order valence-corrected chi connectivity index (χ2v) is 11.0. The fourth-order valence-electron chi connectivity index (χ4n) is 2.97. The van der Waals surface area contributed by atoms with Gasteiger partial charge in [0.2, 0.25) is 15.9 Å². The maximum absolute atomic E-state index is 12.8. The van der Waals surface area contributed by atoms with Gasteiger partial charge in [-0.2, -0.15) is 0 Å². The van der Waals surface area contributed by atoms with Gasteiger partial charge in [-0.05, 0) is 37.6 Å². The number of nitrogens with one attached hydrogen (secondary N) is 1. The summed E-state index contributed by atoms with van der Waals surface area (Å²) in [4.78, 5) is 23.3. The number of hydrogen-bond acceptors (Lipinski definition) is 7. The Labute approximate surface area is 181 Å². The summed E-state index contributed by atoms with van der Waals surface area (Å²) in [7, 11) is -7.30. The summed E-state index contributed by atoms with van der Waals surface area (Å²) in [5.74, 6) is -0.628. The second-order valence-electron chi connectivity index (χ2n) is 7.08. The molecular formula is C19H23N3O7S2. The third-order valence-corrected chi connectivity index (χ3v) is 6.92. The normalized spacial score (nSPS) is 13.8. The van der Waals surface area contributed by atoms with Crippen LogP contribution in [0.25, 0.3) is 0 Å². The lowest BCUT2D eigenvalue weighted by atomic mass is 10.1. The van der Waals surface area contributed by atoms with Crippen LogP contribution in [-0.4, -0.2) is 46.2 Å². The number of carbonyl (C=O) groups excluding carboxylic acids is 1. The van der Waals surface area contributed by atoms with Crippen LogP contribution in [0.3, 0.4) is 0 Å². The summed E-state index contributed by atoms with van der Waals surface area (Å²) in [6, 6.07) is 9.21. The van der Waals surface area contributed by atoms with E-state index in [9.17, 15) is 31.7 Å². The quantitative estimate of drug-likeness (QED) is 0.460. The first kappa shape index (κ1) is 24.3. The Morgan fingerprint density at radius 3 is 2.10 bits per heavy atom. The number of carbonyl (C=O) groups is 1. The third kappa shape index (κ3) is 6.01. The van der Waals surface area contributed by atoms with E-state index in [1.54, 1.807) is 19.1 Å². The molecule has 10 nitrogen and oxygen atoms in total. The number of nitrogens with zero attached hydrogens (tertiary/aromatic N) is 2. The van der Waals surface area contributed by atoms with Crippen LogP contribution in [0.15, 0.2) is 53.4 Å². The van der Waals surface area contributed by atoms with Gasteiger partial charge in [-0.1, -0.05) is 18.2 Å². The number of nitro groups is 1. The standard InChI is InChI=1S/C19H23N3O7S2/c1-13(15-8-10-18(11-9-15)30(3,26)27)20-19(23)14(2)21(31(4,28)29)16-6-5-7-17(12-16)22(24)25/h5-14H,1-4H3,(H,20,23)/t13-,14+/m1/s1. The summed E-state index contributed by atoms with van der Waals surface area (Å²) < 4.78 is 48.7. The van der Waals surface area contributed by atoms with Crippen molar-refractivity contribution in [2.45, 2.75) is 30.8 Å². The average molecular weight is 470 g/mol. The van der Waals surface area contributed by atoms with Crippen molar-refractivity contribution in [2.24, 2.45) is 0 Å². The fourth-order valence-corrected chi connectivity index (χ4v) is 4.77. The molecule has 2 aromatic carbocycles. The average Bonchev–Trinajstić information content (AvgIpc) is 2.66. The Bertz CT molecular complexity index is 1190. The molecule has 31 heavy (non-hydrogen) atoms. The molecule has 0 aliphatic rings. The van der Waals surface area contributed by atoms with Gasteiger partial charge in [-0.3, -0.25) is 19.2 Å². The van der Waals surface area contributed by atoms with E-state index >= 15 is 0 Å². The van der Waals surface area contributed by atoms with Crippen molar-refractivity contribution in [3.05, 3.63) is 64.2 Å². The Morgan fingerprint density at radius 2 is 1.61 bits per heavy atom. The van der Waals surface area contributed by atoms with Crippen LogP contribution in [0.1, 0.15) is 25.5 Å². The molecule has 0 aromatic heterocycles. The molecule has 12 heteroatoms. The highest BCUT2D eigenvalue weighted by Crippen LogP contribution is 2.26. The number of benzene rings is 2. The fraction of sp³-hybridized carbons (Fsp3) is 0.316. The highest BCUT2D eigenvalue weighted by atomic mass is 32.2.